The van der Waals surface area contributed by atoms with Crippen molar-refractivity contribution in [2.24, 2.45) is 5.92 Å². The zero-order chi connectivity index (χ0) is 18.4. The monoisotopic (exact) mass is 394 g/mol. The average Bonchev–Trinajstić information content (AvgIpc) is 3.15. The Kier molecular flexibility index (Phi) is 4.63. The molecule has 136 valence electrons. The molecule has 2 aliphatic rings. The summed E-state index contributed by atoms with van der Waals surface area (Å²) < 4.78 is 20.1. The molecule has 4 nitrogen and oxygen atoms in total. The minimum atomic E-state index is -1.14. The van der Waals surface area contributed by atoms with Gasteiger partial charge in [-0.05, 0) is 42.8 Å². The Balaban J connectivity index is 1.63. The molecule has 2 bridgehead atoms. The fourth-order valence-corrected chi connectivity index (χ4v) is 4.28. The van der Waals surface area contributed by atoms with E-state index in [1.54, 1.807) is 24.4 Å². The maximum absolute atomic E-state index is 14.3. The highest BCUT2D eigenvalue weighted by atomic mass is 35.5. The molecule has 0 saturated carbocycles. The number of halogens is 3. The first kappa shape index (κ1) is 17.7. The Labute approximate surface area is 160 Å². The van der Waals surface area contributed by atoms with Gasteiger partial charge in [0.2, 0.25) is 5.91 Å². The molecule has 3 heterocycles. The van der Waals surface area contributed by atoms with Crippen molar-refractivity contribution in [1.82, 2.24) is 4.98 Å². The SMILES string of the molecule is Cc1cc([C@@H]2[C@@H](C(=O)Nc3ccc(Cl)c(Cl)c3)[C@@H]3O[C@H]2C[C@H]3F)ccn1. The van der Waals surface area contributed by atoms with Crippen molar-refractivity contribution in [1.29, 1.82) is 0 Å². The van der Waals surface area contributed by atoms with Crippen molar-refractivity contribution in [3.05, 3.63) is 57.8 Å². The lowest BCUT2D eigenvalue weighted by atomic mass is 9.74. The van der Waals surface area contributed by atoms with Gasteiger partial charge in [-0.15, -0.1) is 0 Å². The summed E-state index contributed by atoms with van der Waals surface area (Å²) in [7, 11) is 0. The van der Waals surface area contributed by atoms with E-state index in [1.165, 1.54) is 0 Å². The lowest BCUT2D eigenvalue weighted by Crippen LogP contribution is -2.41. The maximum Gasteiger partial charge on any atom is 0.230 e. The van der Waals surface area contributed by atoms with E-state index in [4.69, 9.17) is 27.9 Å². The molecule has 0 unspecified atom stereocenters. The standard InChI is InChI=1S/C19H17Cl2FN2O2/c1-9-6-10(4-5-23-9)16-15-8-14(22)18(26-15)17(16)19(25)24-11-2-3-12(20)13(21)7-11/h2-7,14-18H,8H2,1H3,(H,24,25)/t14-,15+,16+,17-,18-/m1/s1. The molecule has 2 saturated heterocycles. The number of fused-ring (bicyclic) bond motifs is 2. The fraction of sp³-hybridized carbons (Fsp3) is 0.368. The van der Waals surface area contributed by atoms with E-state index in [-0.39, 0.29) is 17.9 Å². The third-order valence-electron chi connectivity index (χ3n) is 5.08. The third-order valence-corrected chi connectivity index (χ3v) is 5.82. The lowest BCUT2D eigenvalue weighted by Gasteiger charge is -2.29. The third kappa shape index (κ3) is 3.08. The summed E-state index contributed by atoms with van der Waals surface area (Å²) in [6.07, 6.45) is -0.156. The van der Waals surface area contributed by atoms with E-state index in [0.717, 1.165) is 11.3 Å². The molecule has 2 aromatic rings. The predicted octanol–water partition coefficient (Wildman–Crippen LogP) is 4.54. The number of pyridine rings is 1. The summed E-state index contributed by atoms with van der Waals surface area (Å²) >= 11 is 11.9. The number of ether oxygens (including phenoxy) is 1. The number of aromatic nitrogens is 1. The van der Waals surface area contributed by atoms with Gasteiger partial charge < -0.3 is 10.1 Å². The number of carbonyl (C=O) groups excluding carboxylic acids is 1. The predicted molar refractivity (Wildman–Crippen MR) is 98.5 cm³/mol. The molecule has 2 fully saturated rings. The van der Waals surface area contributed by atoms with Crippen molar-refractivity contribution in [2.45, 2.75) is 37.6 Å². The maximum atomic E-state index is 14.3. The normalized spacial score (nSPS) is 29.8. The Morgan fingerprint density at radius 3 is 2.81 bits per heavy atom. The molecule has 1 amide bonds. The van der Waals surface area contributed by atoms with E-state index in [1.807, 2.05) is 19.1 Å². The topological polar surface area (TPSA) is 51.2 Å². The molecule has 1 aromatic carbocycles. The van der Waals surface area contributed by atoms with Crippen molar-refractivity contribution in [3.63, 3.8) is 0 Å². The van der Waals surface area contributed by atoms with E-state index in [2.05, 4.69) is 10.3 Å². The molecule has 5 atom stereocenters. The van der Waals surface area contributed by atoms with Gasteiger partial charge >= 0.3 is 0 Å². The first-order valence-electron chi connectivity index (χ1n) is 8.42. The number of rotatable bonds is 3. The highest BCUT2D eigenvalue weighted by molar-refractivity contribution is 6.42. The summed E-state index contributed by atoms with van der Waals surface area (Å²) in [5.74, 6) is -1.09. The van der Waals surface area contributed by atoms with Gasteiger partial charge in [-0.1, -0.05) is 23.2 Å². The molecule has 2 aliphatic heterocycles. The first-order chi connectivity index (χ1) is 12.4. The first-order valence-corrected chi connectivity index (χ1v) is 9.17. The van der Waals surface area contributed by atoms with Crippen LogP contribution in [-0.2, 0) is 9.53 Å². The van der Waals surface area contributed by atoms with Crippen LogP contribution in [0.4, 0.5) is 10.1 Å². The number of amides is 1. The number of hydrogen-bond donors (Lipinski definition) is 1. The zero-order valence-corrected chi connectivity index (χ0v) is 15.5. The summed E-state index contributed by atoms with van der Waals surface area (Å²) in [5.41, 5.74) is 2.32. The van der Waals surface area contributed by atoms with Crippen LogP contribution in [0.25, 0.3) is 0 Å². The van der Waals surface area contributed by atoms with Gasteiger partial charge in [-0.2, -0.15) is 0 Å². The van der Waals surface area contributed by atoms with E-state index in [0.29, 0.717) is 22.2 Å². The molecule has 0 radical (unpaired) electrons. The van der Waals surface area contributed by atoms with Crippen LogP contribution in [0.5, 0.6) is 0 Å². The van der Waals surface area contributed by atoms with Crippen LogP contribution in [0.1, 0.15) is 23.6 Å². The number of carbonyl (C=O) groups is 1. The second-order valence-corrected chi connectivity index (χ2v) is 7.61. The second kappa shape index (κ2) is 6.80. The highest BCUT2D eigenvalue weighted by Crippen LogP contribution is 2.50. The van der Waals surface area contributed by atoms with Crippen LogP contribution < -0.4 is 5.32 Å². The van der Waals surface area contributed by atoms with Crippen molar-refractivity contribution in [2.75, 3.05) is 5.32 Å². The van der Waals surface area contributed by atoms with Crippen LogP contribution in [-0.4, -0.2) is 29.3 Å². The zero-order valence-electron chi connectivity index (χ0n) is 14.0. The summed E-state index contributed by atoms with van der Waals surface area (Å²) in [4.78, 5) is 17.2. The molecule has 0 aliphatic carbocycles. The lowest BCUT2D eigenvalue weighted by molar-refractivity contribution is -0.122. The van der Waals surface area contributed by atoms with Crippen LogP contribution in [0.15, 0.2) is 36.5 Å². The van der Waals surface area contributed by atoms with Gasteiger partial charge in [-0.3, -0.25) is 9.78 Å². The van der Waals surface area contributed by atoms with Gasteiger partial charge in [0, 0.05) is 29.9 Å². The quantitative estimate of drug-likeness (QED) is 0.830. The van der Waals surface area contributed by atoms with Crippen LogP contribution in [0, 0.1) is 12.8 Å². The molecular weight excluding hydrogens is 378 g/mol. The van der Waals surface area contributed by atoms with Crippen molar-refractivity contribution < 1.29 is 13.9 Å². The molecule has 4 rings (SSSR count). The number of hydrogen-bond acceptors (Lipinski definition) is 3. The minimum absolute atomic E-state index is 0.198. The van der Waals surface area contributed by atoms with Gasteiger partial charge in [0.1, 0.15) is 12.3 Å². The Morgan fingerprint density at radius 2 is 2.08 bits per heavy atom. The molecule has 7 heteroatoms. The van der Waals surface area contributed by atoms with Gasteiger partial charge in [0.05, 0.1) is 22.1 Å². The molecule has 0 spiro atoms. The van der Waals surface area contributed by atoms with Crippen LogP contribution in [0.2, 0.25) is 10.0 Å². The number of alkyl halides is 1. The molecule has 26 heavy (non-hydrogen) atoms. The number of nitrogens with one attached hydrogen (secondary N) is 1. The number of nitrogens with zero attached hydrogens (tertiary/aromatic N) is 1. The van der Waals surface area contributed by atoms with Gasteiger partial charge in [0.25, 0.3) is 0 Å². The van der Waals surface area contributed by atoms with Crippen LogP contribution in [0.3, 0.4) is 0 Å². The molecule has 1 aromatic heterocycles. The van der Waals surface area contributed by atoms with E-state index < -0.39 is 18.2 Å². The van der Waals surface area contributed by atoms with E-state index in [9.17, 15) is 9.18 Å². The minimum Gasteiger partial charge on any atom is -0.370 e. The average molecular weight is 395 g/mol. The Hall–Kier alpha value is -1.69. The van der Waals surface area contributed by atoms with Gasteiger partial charge in [-0.25, -0.2) is 4.39 Å². The Bertz CT molecular complexity index is 863. The van der Waals surface area contributed by atoms with Crippen molar-refractivity contribution >= 4 is 34.8 Å². The summed E-state index contributed by atoms with van der Waals surface area (Å²) in [6.45, 7) is 1.89. The van der Waals surface area contributed by atoms with Crippen molar-refractivity contribution in [3.8, 4) is 0 Å². The summed E-state index contributed by atoms with van der Waals surface area (Å²) in [5, 5.41) is 3.58. The summed E-state index contributed by atoms with van der Waals surface area (Å²) in [6, 6.07) is 8.65. The van der Waals surface area contributed by atoms with Crippen LogP contribution >= 0.6 is 23.2 Å². The number of anilines is 1. The second-order valence-electron chi connectivity index (χ2n) is 6.79. The van der Waals surface area contributed by atoms with E-state index >= 15 is 0 Å². The smallest absolute Gasteiger partial charge is 0.230 e. The number of aryl methyl sites for hydroxylation is 1. The number of benzene rings is 1. The molecular formula is C19H17Cl2FN2O2. The van der Waals surface area contributed by atoms with Gasteiger partial charge in [0.15, 0.2) is 0 Å². The Morgan fingerprint density at radius 1 is 1.27 bits per heavy atom. The fourth-order valence-electron chi connectivity index (χ4n) is 3.98. The molecule has 1 N–H and O–H groups in total. The highest BCUT2D eigenvalue weighted by Gasteiger charge is 2.57. The largest absolute Gasteiger partial charge is 0.370 e.